The quantitative estimate of drug-likeness (QED) is 0.754. The van der Waals surface area contributed by atoms with E-state index in [1.165, 1.54) is 4.90 Å². The van der Waals surface area contributed by atoms with Crippen molar-refractivity contribution in [1.82, 2.24) is 15.5 Å². The van der Waals surface area contributed by atoms with Crippen molar-refractivity contribution in [1.29, 1.82) is 0 Å². The van der Waals surface area contributed by atoms with Gasteiger partial charge >= 0.3 is 6.03 Å². The van der Waals surface area contributed by atoms with Crippen LogP contribution in [0.25, 0.3) is 0 Å². The summed E-state index contributed by atoms with van der Waals surface area (Å²) in [5.41, 5.74) is -0.760. The lowest BCUT2D eigenvalue weighted by atomic mass is 9.96. The Kier molecular flexibility index (Phi) is 3.40. The predicted octanol–water partition coefficient (Wildman–Crippen LogP) is 0.910. The van der Waals surface area contributed by atoms with E-state index in [9.17, 15) is 14.4 Å². The SMILES string of the molecule is O=C(CN1C(=O)NC(=O)C12CCCC2)NC1CCCC1. The van der Waals surface area contributed by atoms with Gasteiger partial charge in [0.15, 0.2) is 0 Å². The second-order valence-electron chi connectivity index (χ2n) is 6.13. The van der Waals surface area contributed by atoms with Gasteiger partial charge in [0.2, 0.25) is 5.91 Å². The molecule has 1 aliphatic heterocycles. The van der Waals surface area contributed by atoms with Crippen LogP contribution in [0, 0.1) is 0 Å². The zero-order chi connectivity index (χ0) is 14.2. The van der Waals surface area contributed by atoms with E-state index in [0.29, 0.717) is 12.8 Å². The lowest BCUT2D eigenvalue weighted by Crippen LogP contribution is -2.52. The molecule has 3 fully saturated rings. The number of urea groups is 1. The molecule has 1 saturated heterocycles. The maximum Gasteiger partial charge on any atom is 0.325 e. The third kappa shape index (κ3) is 2.17. The molecule has 110 valence electrons. The number of hydrogen-bond donors (Lipinski definition) is 2. The predicted molar refractivity (Wildman–Crippen MR) is 71.8 cm³/mol. The van der Waals surface area contributed by atoms with Crippen molar-refractivity contribution >= 4 is 17.8 Å². The first-order valence-electron chi connectivity index (χ1n) is 7.54. The monoisotopic (exact) mass is 279 g/mol. The van der Waals surface area contributed by atoms with E-state index in [1.807, 2.05) is 0 Å². The Morgan fingerprint density at radius 2 is 1.85 bits per heavy atom. The molecule has 6 nitrogen and oxygen atoms in total. The van der Waals surface area contributed by atoms with Crippen LogP contribution < -0.4 is 10.6 Å². The Hall–Kier alpha value is -1.59. The highest BCUT2D eigenvalue weighted by Gasteiger charge is 2.54. The van der Waals surface area contributed by atoms with Crippen LogP contribution in [0.4, 0.5) is 4.79 Å². The van der Waals surface area contributed by atoms with Gasteiger partial charge in [-0.1, -0.05) is 25.7 Å². The van der Waals surface area contributed by atoms with E-state index in [1.54, 1.807) is 0 Å². The molecule has 0 unspecified atom stereocenters. The number of nitrogens with zero attached hydrogens (tertiary/aromatic N) is 1. The van der Waals surface area contributed by atoms with Crippen molar-refractivity contribution in [2.45, 2.75) is 62.9 Å². The molecule has 1 spiro atoms. The Balaban J connectivity index is 1.66. The van der Waals surface area contributed by atoms with Crippen molar-refractivity contribution in [2.75, 3.05) is 6.54 Å². The molecule has 2 saturated carbocycles. The van der Waals surface area contributed by atoms with E-state index in [4.69, 9.17) is 0 Å². The highest BCUT2D eigenvalue weighted by Crippen LogP contribution is 2.38. The Labute approximate surface area is 118 Å². The van der Waals surface area contributed by atoms with Crippen molar-refractivity contribution in [2.24, 2.45) is 0 Å². The van der Waals surface area contributed by atoms with Crippen LogP contribution in [0.1, 0.15) is 51.4 Å². The standard InChI is InChI=1S/C14H21N3O3/c18-11(15-10-5-1-2-6-10)9-17-13(20)16-12(19)14(17)7-3-4-8-14/h10H,1-9H2,(H,15,18)(H,16,19,20). The molecule has 4 amide bonds. The van der Waals surface area contributed by atoms with Gasteiger partial charge in [-0.2, -0.15) is 0 Å². The lowest BCUT2D eigenvalue weighted by Gasteiger charge is -2.31. The van der Waals surface area contributed by atoms with Crippen LogP contribution in [0.5, 0.6) is 0 Å². The van der Waals surface area contributed by atoms with E-state index in [2.05, 4.69) is 10.6 Å². The van der Waals surface area contributed by atoms with E-state index < -0.39 is 11.6 Å². The molecule has 3 rings (SSSR count). The van der Waals surface area contributed by atoms with Crippen LogP contribution >= 0.6 is 0 Å². The first-order valence-corrected chi connectivity index (χ1v) is 7.54. The summed E-state index contributed by atoms with van der Waals surface area (Å²) in [6, 6.07) is -0.179. The van der Waals surface area contributed by atoms with Gasteiger partial charge in [-0.25, -0.2) is 4.79 Å². The summed E-state index contributed by atoms with van der Waals surface area (Å²) in [7, 11) is 0. The highest BCUT2D eigenvalue weighted by atomic mass is 16.2. The fraction of sp³-hybridized carbons (Fsp3) is 0.786. The number of hydrogen-bond acceptors (Lipinski definition) is 3. The van der Waals surface area contributed by atoms with E-state index in [0.717, 1.165) is 38.5 Å². The molecule has 1 heterocycles. The summed E-state index contributed by atoms with van der Waals surface area (Å²) < 4.78 is 0. The maximum atomic E-state index is 12.1. The van der Waals surface area contributed by atoms with Crippen molar-refractivity contribution < 1.29 is 14.4 Å². The third-order valence-electron chi connectivity index (χ3n) is 4.86. The van der Waals surface area contributed by atoms with Crippen LogP contribution in [-0.2, 0) is 9.59 Å². The second kappa shape index (κ2) is 5.07. The maximum absolute atomic E-state index is 12.1. The smallest absolute Gasteiger partial charge is 0.325 e. The summed E-state index contributed by atoms with van der Waals surface area (Å²) in [5, 5.41) is 5.34. The average molecular weight is 279 g/mol. The number of carbonyl (C=O) groups excluding carboxylic acids is 3. The van der Waals surface area contributed by atoms with Crippen molar-refractivity contribution in [3.8, 4) is 0 Å². The van der Waals surface area contributed by atoms with Gasteiger partial charge in [0.1, 0.15) is 12.1 Å². The van der Waals surface area contributed by atoms with Crippen LogP contribution in [0.2, 0.25) is 0 Å². The van der Waals surface area contributed by atoms with Gasteiger partial charge in [-0.05, 0) is 25.7 Å². The van der Waals surface area contributed by atoms with Gasteiger partial charge in [-0.3, -0.25) is 14.9 Å². The van der Waals surface area contributed by atoms with Gasteiger partial charge in [0, 0.05) is 6.04 Å². The molecule has 20 heavy (non-hydrogen) atoms. The number of carbonyl (C=O) groups is 3. The summed E-state index contributed by atoms with van der Waals surface area (Å²) in [6.45, 7) is -0.00588. The summed E-state index contributed by atoms with van der Waals surface area (Å²) in [4.78, 5) is 37.5. The van der Waals surface area contributed by atoms with Gasteiger partial charge in [0.25, 0.3) is 5.91 Å². The lowest BCUT2D eigenvalue weighted by molar-refractivity contribution is -0.128. The zero-order valence-corrected chi connectivity index (χ0v) is 11.6. The minimum atomic E-state index is -0.760. The van der Waals surface area contributed by atoms with E-state index >= 15 is 0 Å². The molecule has 3 aliphatic rings. The Morgan fingerprint density at radius 3 is 2.50 bits per heavy atom. The zero-order valence-electron chi connectivity index (χ0n) is 11.6. The number of nitrogens with one attached hydrogen (secondary N) is 2. The number of amides is 4. The average Bonchev–Trinajstić information content (AvgIpc) is 3.10. The highest BCUT2D eigenvalue weighted by molar-refractivity contribution is 6.08. The van der Waals surface area contributed by atoms with Crippen molar-refractivity contribution in [3.63, 3.8) is 0 Å². The van der Waals surface area contributed by atoms with Crippen LogP contribution in [-0.4, -0.2) is 40.9 Å². The number of imide groups is 1. The molecular weight excluding hydrogens is 258 g/mol. The molecule has 2 aliphatic carbocycles. The molecule has 0 aromatic rings. The molecular formula is C14H21N3O3. The van der Waals surface area contributed by atoms with Crippen molar-refractivity contribution in [3.05, 3.63) is 0 Å². The normalized spacial score (nSPS) is 25.5. The molecule has 0 aromatic heterocycles. The van der Waals surface area contributed by atoms with Gasteiger partial charge < -0.3 is 10.2 Å². The molecule has 0 radical (unpaired) electrons. The minimum Gasteiger partial charge on any atom is -0.352 e. The topological polar surface area (TPSA) is 78.5 Å². The molecule has 0 atom stereocenters. The van der Waals surface area contributed by atoms with Crippen LogP contribution in [0.15, 0.2) is 0 Å². The van der Waals surface area contributed by atoms with E-state index in [-0.39, 0.29) is 24.4 Å². The molecule has 6 heteroatoms. The largest absolute Gasteiger partial charge is 0.352 e. The fourth-order valence-corrected chi connectivity index (χ4v) is 3.76. The summed E-state index contributed by atoms with van der Waals surface area (Å²) in [6.07, 6.45) is 7.53. The second-order valence-corrected chi connectivity index (χ2v) is 6.13. The Bertz CT molecular complexity index is 437. The Morgan fingerprint density at radius 1 is 1.20 bits per heavy atom. The van der Waals surface area contributed by atoms with Gasteiger partial charge in [-0.15, -0.1) is 0 Å². The summed E-state index contributed by atoms with van der Waals surface area (Å²) >= 11 is 0. The minimum absolute atomic E-state index is 0.00588. The molecule has 2 N–H and O–H groups in total. The summed E-state index contributed by atoms with van der Waals surface area (Å²) in [5.74, 6) is -0.373. The third-order valence-corrected chi connectivity index (χ3v) is 4.86. The number of rotatable bonds is 3. The first kappa shape index (κ1) is 13.4. The molecule has 0 bridgehead atoms. The molecule has 0 aromatic carbocycles. The fourth-order valence-electron chi connectivity index (χ4n) is 3.76. The van der Waals surface area contributed by atoms with Gasteiger partial charge in [0.05, 0.1) is 0 Å². The first-order chi connectivity index (χ1) is 9.62. The van der Waals surface area contributed by atoms with Crippen LogP contribution in [0.3, 0.4) is 0 Å².